The molecule has 6 nitrogen and oxygen atoms in total. The summed E-state index contributed by atoms with van der Waals surface area (Å²) in [4.78, 5) is 24.2. The topological polar surface area (TPSA) is 69.6 Å². The average Bonchev–Trinajstić information content (AvgIpc) is 3.07. The number of nitrogens with zero attached hydrogens (tertiary/aromatic N) is 1. The number of para-hydroxylation sites is 1. The molecule has 0 fully saturated rings. The van der Waals surface area contributed by atoms with Crippen LogP contribution in [0.3, 0.4) is 0 Å². The van der Waals surface area contributed by atoms with Crippen molar-refractivity contribution >= 4 is 36.4 Å². The fraction of sp³-hybridized carbons (Fsp3) is 0.368. The Kier molecular flexibility index (Phi) is 5.02. The lowest BCUT2D eigenvalue weighted by Crippen LogP contribution is -2.23. The van der Waals surface area contributed by atoms with Crippen LogP contribution in [0, 0.1) is 0 Å². The zero-order chi connectivity index (χ0) is 18.9. The Morgan fingerprint density at radius 2 is 1.85 bits per heavy atom. The van der Waals surface area contributed by atoms with Crippen LogP contribution in [0.5, 0.6) is 0 Å². The molecule has 1 N–H and O–H groups in total. The van der Waals surface area contributed by atoms with Gasteiger partial charge in [-0.1, -0.05) is 37.8 Å². The predicted octanol–water partition coefficient (Wildman–Crippen LogP) is 2.97. The first-order chi connectivity index (χ1) is 12.3. The summed E-state index contributed by atoms with van der Waals surface area (Å²) >= 11 is 0. The molecule has 7 heteroatoms. The molecule has 0 spiro atoms. The van der Waals surface area contributed by atoms with Gasteiger partial charge in [0, 0.05) is 31.8 Å². The minimum Gasteiger partial charge on any atom is -0.490 e. The number of ether oxygens (including phenoxy) is 2. The van der Waals surface area contributed by atoms with Crippen molar-refractivity contribution in [2.24, 2.45) is 0 Å². The van der Waals surface area contributed by atoms with Crippen LogP contribution in [0.15, 0.2) is 36.2 Å². The molecular weight excluding hydrogens is 348 g/mol. The van der Waals surface area contributed by atoms with Crippen LogP contribution in [-0.4, -0.2) is 38.2 Å². The molecular formula is C19H24N2O4Si. The number of rotatable bonds is 7. The third kappa shape index (κ3) is 3.59. The van der Waals surface area contributed by atoms with Gasteiger partial charge in [0.25, 0.3) is 11.8 Å². The van der Waals surface area contributed by atoms with Crippen molar-refractivity contribution in [3.8, 4) is 0 Å². The Morgan fingerprint density at radius 3 is 2.54 bits per heavy atom. The van der Waals surface area contributed by atoms with Gasteiger partial charge in [0.2, 0.25) is 0 Å². The quantitative estimate of drug-likeness (QED) is 0.461. The number of carbonyl (C=O) groups excluding carboxylic acids is 2. The number of hydrogen-bond donors (Lipinski definition) is 1. The number of fused-ring (bicyclic) bond motifs is 1. The average molecular weight is 372 g/mol. The van der Waals surface area contributed by atoms with Gasteiger partial charge in [0.05, 0.1) is 18.2 Å². The molecule has 0 aliphatic carbocycles. The van der Waals surface area contributed by atoms with E-state index in [1.54, 1.807) is 0 Å². The number of nitrogens with one attached hydrogen (secondary N) is 1. The highest BCUT2D eigenvalue weighted by atomic mass is 28.3. The molecule has 3 rings (SSSR count). The summed E-state index contributed by atoms with van der Waals surface area (Å²) in [5, 5.41) is 3.18. The largest absolute Gasteiger partial charge is 0.490 e. The Bertz CT molecular complexity index is 893. The molecule has 1 aromatic carbocycles. The Hall–Kier alpha value is -2.38. The summed E-state index contributed by atoms with van der Waals surface area (Å²) < 4.78 is 13.0. The molecule has 0 bridgehead atoms. The molecule has 2 aromatic rings. The van der Waals surface area contributed by atoms with E-state index < -0.39 is 19.9 Å². The maximum atomic E-state index is 12.3. The number of methoxy groups -OCH3 is 1. The molecule has 26 heavy (non-hydrogen) atoms. The molecule has 1 aliphatic heterocycles. The third-order valence-corrected chi connectivity index (χ3v) is 6.08. The molecule has 1 aromatic heterocycles. The van der Waals surface area contributed by atoms with E-state index in [2.05, 4.69) is 25.0 Å². The Balaban J connectivity index is 1.95. The first kappa shape index (κ1) is 18.4. The number of hydrogen-bond acceptors (Lipinski definition) is 4. The minimum atomic E-state index is -1.14. The van der Waals surface area contributed by atoms with Crippen LogP contribution in [0.2, 0.25) is 25.7 Å². The number of carbonyl (C=O) groups is 2. The summed E-state index contributed by atoms with van der Waals surface area (Å²) in [6, 6.07) is 8.84. The second-order valence-electron chi connectivity index (χ2n) is 7.57. The number of aromatic nitrogens is 1. The zero-order valence-electron chi connectivity index (χ0n) is 15.6. The van der Waals surface area contributed by atoms with Crippen LogP contribution < -0.4 is 5.32 Å². The molecule has 138 valence electrons. The number of imide groups is 1. The van der Waals surface area contributed by atoms with Crippen molar-refractivity contribution in [3.05, 3.63) is 41.8 Å². The van der Waals surface area contributed by atoms with Gasteiger partial charge in [-0.25, -0.2) is 0 Å². The maximum Gasteiger partial charge on any atom is 0.294 e. The van der Waals surface area contributed by atoms with Gasteiger partial charge in [0.1, 0.15) is 6.73 Å². The molecule has 0 unspecified atom stereocenters. The van der Waals surface area contributed by atoms with Crippen LogP contribution in [0.4, 0.5) is 0 Å². The first-order valence-electron chi connectivity index (χ1n) is 8.62. The van der Waals surface area contributed by atoms with Gasteiger partial charge in [0.15, 0.2) is 5.76 Å². The van der Waals surface area contributed by atoms with E-state index in [0.717, 1.165) is 16.9 Å². The van der Waals surface area contributed by atoms with E-state index in [0.29, 0.717) is 18.9 Å². The fourth-order valence-electron chi connectivity index (χ4n) is 2.97. The van der Waals surface area contributed by atoms with E-state index in [1.807, 2.05) is 35.0 Å². The lowest BCUT2D eigenvalue weighted by molar-refractivity contribution is -0.124. The van der Waals surface area contributed by atoms with Gasteiger partial charge in [-0.05, 0) is 12.1 Å². The highest BCUT2D eigenvalue weighted by Gasteiger charge is 2.34. The number of amides is 2. The maximum absolute atomic E-state index is 12.3. The first-order valence-corrected chi connectivity index (χ1v) is 12.3. The lowest BCUT2D eigenvalue weighted by Gasteiger charge is -2.15. The summed E-state index contributed by atoms with van der Waals surface area (Å²) in [6.45, 7) is 8.05. The molecule has 0 saturated heterocycles. The fourth-order valence-corrected chi connectivity index (χ4v) is 3.73. The van der Waals surface area contributed by atoms with E-state index in [-0.39, 0.29) is 11.3 Å². The Morgan fingerprint density at radius 1 is 1.12 bits per heavy atom. The van der Waals surface area contributed by atoms with Gasteiger partial charge in [-0.2, -0.15) is 0 Å². The predicted molar refractivity (Wildman–Crippen MR) is 103 cm³/mol. The minimum absolute atomic E-state index is 0.0533. The zero-order valence-corrected chi connectivity index (χ0v) is 16.6. The van der Waals surface area contributed by atoms with E-state index >= 15 is 0 Å². The second kappa shape index (κ2) is 7.09. The number of benzene rings is 1. The normalized spacial score (nSPS) is 15.1. The second-order valence-corrected chi connectivity index (χ2v) is 13.2. The van der Waals surface area contributed by atoms with E-state index in [1.165, 1.54) is 7.11 Å². The van der Waals surface area contributed by atoms with Gasteiger partial charge in [-0.3, -0.25) is 14.9 Å². The van der Waals surface area contributed by atoms with Gasteiger partial charge >= 0.3 is 0 Å². The molecule has 0 saturated carbocycles. The highest BCUT2D eigenvalue weighted by Crippen LogP contribution is 2.32. The standard InChI is InChI=1S/C19H24N2O4Si/c1-24-17-16(18(22)20-19(17)23)14-11-21(12-25-9-10-26(2,3)4)15-8-6-5-7-13(14)15/h5-8,11H,9-10,12H2,1-4H3,(H,20,22,23). The molecule has 0 radical (unpaired) electrons. The summed E-state index contributed by atoms with van der Waals surface area (Å²) in [6.07, 6.45) is 1.85. The molecule has 2 amide bonds. The van der Waals surface area contributed by atoms with Crippen LogP contribution in [0.25, 0.3) is 16.5 Å². The van der Waals surface area contributed by atoms with E-state index in [4.69, 9.17) is 9.47 Å². The van der Waals surface area contributed by atoms with Gasteiger partial charge < -0.3 is 14.0 Å². The summed E-state index contributed by atoms with van der Waals surface area (Å²) in [5.74, 6) is -0.886. The molecule has 1 aliphatic rings. The molecule has 2 heterocycles. The molecule has 0 atom stereocenters. The van der Waals surface area contributed by atoms with Crippen molar-refractivity contribution in [3.63, 3.8) is 0 Å². The van der Waals surface area contributed by atoms with E-state index in [9.17, 15) is 9.59 Å². The van der Waals surface area contributed by atoms with Crippen molar-refractivity contribution in [1.82, 2.24) is 9.88 Å². The SMILES string of the molecule is COC1=C(c2cn(COCC[Si](C)(C)C)c3ccccc23)C(=O)NC1=O. The van der Waals surface area contributed by atoms with Crippen molar-refractivity contribution in [2.75, 3.05) is 13.7 Å². The van der Waals surface area contributed by atoms with Crippen LogP contribution >= 0.6 is 0 Å². The lowest BCUT2D eigenvalue weighted by atomic mass is 10.0. The highest BCUT2D eigenvalue weighted by molar-refractivity contribution is 6.76. The smallest absolute Gasteiger partial charge is 0.294 e. The Labute approximate surface area is 153 Å². The van der Waals surface area contributed by atoms with Crippen molar-refractivity contribution < 1.29 is 19.1 Å². The van der Waals surface area contributed by atoms with Crippen molar-refractivity contribution in [1.29, 1.82) is 0 Å². The third-order valence-electron chi connectivity index (χ3n) is 4.38. The van der Waals surface area contributed by atoms with Crippen LogP contribution in [-0.2, 0) is 25.8 Å². The summed E-state index contributed by atoms with van der Waals surface area (Å²) in [5.41, 5.74) is 1.90. The van der Waals surface area contributed by atoms with Crippen molar-refractivity contribution in [2.45, 2.75) is 32.4 Å². The monoisotopic (exact) mass is 372 g/mol. The van der Waals surface area contributed by atoms with Gasteiger partial charge in [-0.15, -0.1) is 0 Å². The van der Waals surface area contributed by atoms with Crippen LogP contribution in [0.1, 0.15) is 5.56 Å². The summed E-state index contributed by atoms with van der Waals surface area (Å²) in [7, 11) is 0.250.